The Morgan fingerprint density at radius 1 is 1.21 bits per heavy atom. The number of methoxy groups -OCH3 is 1. The van der Waals surface area contributed by atoms with Gasteiger partial charge in [-0.25, -0.2) is 0 Å². The second-order valence-corrected chi connectivity index (χ2v) is 5.19. The normalized spacial score (nSPS) is 27.3. The van der Waals surface area contributed by atoms with E-state index in [1.165, 1.54) is 0 Å². The molecule has 0 atom stereocenters. The molecule has 1 aliphatic rings. The molecule has 0 unspecified atom stereocenters. The van der Waals surface area contributed by atoms with Gasteiger partial charge in [0.25, 0.3) is 0 Å². The number of benzene rings is 1. The third kappa shape index (κ3) is 2.76. The summed E-state index contributed by atoms with van der Waals surface area (Å²) in [7, 11) is 3.61. The molecule has 0 bridgehead atoms. The van der Waals surface area contributed by atoms with Crippen LogP contribution in [0.2, 0.25) is 0 Å². The molecule has 4 heteroatoms. The molecule has 0 radical (unpaired) electrons. The zero-order chi connectivity index (χ0) is 14.0. The average Bonchev–Trinajstić information content (AvgIpc) is 2.41. The number of ether oxygens (including phenoxy) is 3. The summed E-state index contributed by atoms with van der Waals surface area (Å²) in [4.78, 5) is 0. The predicted octanol–water partition coefficient (Wildman–Crippen LogP) is 2.12. The lowest BCUT2D eigenvalue weighted by molar-refractivity contribution is -0.272. The fraction of sp³-hybridized carbons (Fsp3) is 0.600. The van der Waals surface area contributed by atoms with Crippen LogP contribution in [0.15, 0.2) is 12.1 Å². The van der Waals surface area contributed by atoms with Crippen molar-refractivity contribution < 1.29 is 14.2 Å². The summed E-state index contributed by atoms with van der Waals surface area (Å²) in [5.74, 6) is 0.225. The number of aryl methyl sites for hydroxylation is 2. The smallest absolute Gasteiger partial charge is 0.192 e. The van der Waals surface area contributed by atoms with Gasteiger partial charge in [-0.1, -0.05) is 0 Å². The molecule has 2 rings (SSSR count). The third-order valence-corrected chi connectivity index (χ3v) is 3.76. The summed E-state index contributed by atoms with van der Waals surface area (Å²) in [6.45, 7) is 7.37. The Labute approximate surface area is 115 Å². The van der Waals surface area contributed by atoms with Gasteiger partial charge in [0.05, 0.1) is 26.4 Å². The minimum Gasteiger partial charge on any atom is -0.496 e. The Morgan fingerprint density at radius 2 is 1.84 bits per heavy atom. The largest absolute Gasteiger partial charge is 0.496 e. The Kier molecular flexibility index (Phi) is 4.13. The van der Waals surface area contributed by atoms with E-state index in [-0.39, 0.29) is 6.04 Å². The number of nitrogens with one attached hydrogen (secondary N) is 1. The van der Waals surface area contributed by atoms with Crippen LogP contribution in [0.1, 0.15) is 23.6 Å². The van der Waals surface area contributed by atoms with Gasteiger partial charge in [-0.15, -0.1) is 0 Å². The van der Waals surface area contributed by atoms with Gasteiger partial charge in [-0.3, -0.25) is 0 Å². The van der Waals surface area contributed by atoms with E-state index in [9.17, 15) is 0 Å². The van der Waals surface area contributed by atoms with E-state index < -0.39 is 5.79 Å². The topological polar surface area (TPSA) is 39.7 Å². The molecular formula is C15H23NO3. The van der Waals surface area contributed by atoms with E-state index in [1.807, 2.05) is 27.0 Å². The highest BCUT2D eigenvalue weighted by atomic mass is 16.7. The molecule has 0 aliphatic carbocycles. The Hall–Kier alpha value is -1.10. The molecule has 0 saturated carbocycles. The van der Waals surface area contributed by atoms with Gasteiger partial charge < -0.3 is 19.5 Å². The van der Waals surface area contributed by atoms with Crippen molar-refractivity contribution in [3.8, 4) is 5.75 Å². The number of likely N-dealkylation sites (N-methyl/N-ethyl adjacent to an activating group) is 1. The van der Waals surface area contributed by atoms with Crippen LogP contribution in [0.3, 0.4) is 0 Å². The van der Waals surface area contributed by atoms with Gasteiger partial charge in [0, 0.05) is 5.56 Å². The van der Waals surface area contributed by atoms with Crippen molar-refractivity contribution in [1.82, 2.24) is 5.32 Å². The van der Waals surface area contributed by atoms with Crippen molar-refractivity contribution in [3.05, 3.63) is 28.8 Å². The van der Waals surface area contributed by atoms with Gasteiger partial charge in [-0.2, -0.15) is 0 Å². The lowest BCUT2D eigenvalue weighted by Gasteiger charge is -2.38. The fourth-order valence-electron chi connectivity index (χ4n) is 2.43. The first-order valence-electron chi connectivity index (χ1n) is 6.61. The zero-order valence-corrected chi connectivity index (χ0v) is 12.4. The standard InChI is InChI=1S/C15H23NO3/c1-10-7-14(17-5)11(2)6-13(10)15(3)18-8-12(16-4)9-19-15/h6-7,12,16H,8-9H2,1-5H3. The van der Waals surface area contributed by atoms with Crippen LogP contribution in [0.4, 0.5) is 0 Å². The molecule has 106 valence electrons. The van der Waals surface area contributed by atoms with Gasteiger partial charge in [0.2, 0.25) is 0 Å². The van der Waals surface area contributed by atoms with Crippen LogP contribution >= 0.6 is 0 Å². The van der Waals surface area contributed by atoms with Crippen LogP contribution < -0.4 is 10.1 Å². The highest BCUT2D eigenvalue weighted by molar-refractivity contribution is 5.43. The summed E-state index contributed by atoms with van der Waals surface area (Å²) < 4.78 is 17.2. The predicted molar refractivity (Wildman–Crippen MR) is 74.6 cm³/mol. The summed E-state index contributed by atoms with van der Waals surface area (Å²) >= 11 is 0. The van der Waals surface area contributed by atoms with E-state index in [1.54, 1.807) is 7.11 Å². The van der Waals surface area contributed by atoms with E-state index in [0.717, 1.165) is 22.4 Å². The van der Waals surface area contributed by atoms with Crippen molar-refractivity contribution in [2.45, 2.75) is 32.6 Å². The molecule has 1 aromatic carbocycles. The number of hydrogen-bond acceptors (Lipinski definition) is 4. The molecule has 0 aromatic heterocycles. The molecule has 1 saturated heterocycles. The Bertz CT molecular complexity index is 451. The Morgan fingerprint density at radius 3 is 2.37 bits per heavy atom. The monoisotopic (exact) mass is 265 g/mol. The van der Waals surface area contributed by atoms with Gasteiger partial charge in [0.15, 0.2) is 5.79 Å². The second kappa shape index (κ2) is 5.49. The van der Waals surface area contributed by atoms with Crippen LogP contribution in [-0.4, -0.2) is 33.4 Å². The van der Waals surface area contributed by atoms with E-state index >= 15 is 0 Å². The minimum absolute atomic E-state index is 0.257. The van der Waals surface area contributed by atoms with Crippen molar-refractivity contribution >= 4 is 0 Å². The van der Waals surface area contributed by atoms with E-state index in [4.69, 9.17) is 14.2 Å². The van der Waals surface area contributed by atoms with Crippen molar-refractivity contribution in [1.29, 1.82) is 0 Å². The SMILES string of the molecule is CNC1COC(C)(c2cc(C)c(OC)cc2C)OC1. The molecule has 1 aromatic rings. The van der Waals surface area contributed by atoms with Crippen LogP contribution in [0.25, 0.3) is 0 Å². The second-order valence-electron chi connectivity index (χ2n) is 5.19. The summed E-state index contributed by atoms with van der Waals surface area (Å²) in [6, 6.07) is 4.38. The van der Waals surface area contributed by atoms with Gasteiger partial charge in [-0.05, 0) is 51.1 Å². The third-order valence-electron chi connectivity index (χ3n) is 3.76. The number of rotatable bonds is 3. The summed E-state index contributed by atoms with van der Waals surface area (Å²) in [6.07, 6.45) is 0. The average molecular weight is 265 g/mol. The summed E-state index contributed by atoms with van der Waals surface area (Å²) in [5, 5.41) is 3.17. The maximum Gasteiger partial charge on any atom is 0.192 e. The highest BCUT2D eigenvalue weighted by Gasteiger charge is 2.36. The van der Waals surface area contributed by atoms with Crippen LogP contribution in [0, 0.1) is 13.8 Å². The van der Waals surface area contributed by atoms with Gasteiger partial charge >= 0.3 is 0 Å². The molecular weight excluding hydrogens is 242 g/mol. The van der Waals surface area contributed by atoms with Crippen molar-refractivity contribution in [2.24, 2.45) is 0 Å². The van der Waals surface area contributed by atoms with E-state index in [2.05, 4.69) is 18.3 Å². The first-order valence-corrected chi connectivity index (χ1v) is 6.61. The zero-order valence-electron chi connectivity index (χ0n) is 12.4. The first kappa shape index (κ1) is 14.3. The lowest BCUT2D eigenvalue weighted by atomic mass is 9.97. The minimum atomic E-state index is -0.672. The maximum atomic E-state index is 5.94. The molecule has 4 nitrogen and oxygen atoms in total. The summed E-state index contributed by atoms with van der Waals surface area (Å²) in [5.41, 5.74) is 3.28. The number of hydrogen-bond donors (Lipinski definition) is 1. The van der Waals surface area contributed by atoms with Crippen molar-refractivity contribution in [3.63, 3.8) is 0 Å². The molecule has 1 fully saturated rings. The molecule has 0 amide bonds. The maximum absolute atomic E-state index is 5.94. The molecule has 0 spiro atoms. The quantitative estimate of drug-likeness (QED) is 0.908. The Balaban J connectivity index is 2.29. The van der Waals surface area contributed by atoms with Gasteiger partial charge in [0.1, 0.15) is 5.75 Å². The lowest BCUT2D eigenvalue weighted by Crippen LogP contribution is -2.47. The highest BCUT2D eigenvalue weighted by Crippen LogP contribution is 2.35. The molecule has 1 aliphatic heterocycles. The molecule has 19 heavy (non-hydrogen) atoms. The van der Waals surface area contributed by atoms with Crippen LogP contribution in [-0.2, 0) is 15.3 Å². The molecule has 1 heterocycles. The van der Waals surface area contributed by atoms with Crippen molar-refractivity contribution in [2.75, 3.05) is 27.4 Å². The fourth-order valence-corrected chi connectivity index (χ4v) is 2.43. The first-order chi connectivity index (χ1) is 9.00. The molecule has 1 N–H and O–H groups in total. The van der Waals surface area contributed by atoms with Crippen LogP contribution in [0.5, 0.6) is 5.75 Å². The van der Waals surface area contributed by atoms with E-state index in [0.29, 0.717) is 13.2 Å².